The summed E-state index contributed by atoms with van der Waals surface area (Å²) in [4.78, 5) is 6.87. The number of nitrogens with zero attached hydrogens (tertiary/aromatic N) is 2. The molecule has 0 radical (unpaired) electrons. The van der Waals surface area contributed by atoms with Gasteiger partial charge in [-0.3, -0.25) is 4.98 Å². The lowest BCUT2D eigenvalue weighted by molar-refractivity contribution is 0.305. The van der Waals surface area contributed by atoms with E-state index in [-0.39, 0.29) is 5.54 Å². The highest BCUT2D eigenvalue weighted by molar-refractivity contribution is 6.31. The fourth-order valence-electron chi connectivity index (χ4n) is 2.87. The second kappa shape index (κ2) is 5.23. The van der Waals surface area contributed by atoms with Crippen molar-refractivity contribution in [1.29, 1.82) is 0 Å². The minimum Gasteiger partial charge on any atom is -0.371 e. The van der Waals surface area contributed by atoms with Gasteiger partial charge in [0.15, 0.2) is 0 Å². The third kappa shape index (κ3) is 2.48. The number of hydrogen-bond acceptors (Lipinski definition) is 3. The van der Waals surface area contributed by atoms with E-state index in [0.29, 0.717) is 0 Å². The molecule has 0 aliphatic carbocycles. The lowest BCUT2D eigenvalue weighted by Gasteiger charge is -2.40. The van der Waals surface area contributed by atoms with Gasteiger partial charge in [-0.15, -0.1) is 0 Å². The summed E-state index contributed by atoms with van der Waals surface area (Å²) in [6.45, 7) is 4.44. The van der Waals surface area contributed by atoms with E-state index in [1.807, 2.05) is 18.3 Å². The van der Waals surface area contributed by atoms with Gasteiger partial charge >= 0.3 is 0 Å². The fourth-order valence-corrected chi connectivity index (χ4v) is 3.04. The van der Waals surface area contributed by atoms with Crippen molar-refractivity contribution in [3.63, 3.8) is 0 Å². The lowest BCUT2D eigenvalue weighted by Crippen LogP contribution is -2.50. The molecular formula is C16H20ClN3. The van der Waals surface area contributed by atoms with E-state index in [1.165, 1.54) is 11.1 Å². The molecule has 20 heavy (non-hydrogen) atoms. The van der Waals surface area contributed by atoms with Crippen molar-refractivity contribution >= 4 is 28.2 Å². The molecule has 106 valence electrons. The van der Waals surface area contributed by atoms with Crippen molar-refractivity contribution in [2.24, 2.45) is 0 Å². The highest BCUT2D eigenvalue weighted by Gasteiger charge is 2.28. The van der Waals surface area contributed by atoms with Crippen molar-refractivity contribution < 1.29 is 0 Å². The SMILES string of the molecule is CNC1(C)CCN(c2ccnc3cc(Cl)ccc23)CC1. The van der Waals surface area contributed by atoms with Crippen LogP contribution in [-0.4, -0.2) is 30.7 Å². The van der Waals surface area contributed by atoms with Crippen LogP contribution < -0.4 is 10.2 Å². The zero-order valence-corrected chi connectivity index (χ0v) is 12.7. The number of anilines is 1. The molecule has 2 aromatic rings. The van der Waals surface area contributed by atoms with Gasteiger partial charge in [-0.25, -0.2) is 0 Å². The van der Waals surface area contributed by atoms with Crippen molar-refractivity contribution in [2.75, 3.05) is 25.0 Å². The first kappa shape index (κ1) is 13.7. The average molecular weight is 290 g/mol. The zero-order valence-electron chi connectivity index (χ0n) is 12.0. The molecule has 4 heteroatoms. The molecule has 1 saturated heterocycles. The maximum absolute atomic E-state index is 6.05. The van der Waals surface area contributed by atoms with Gasteiger partial charge in [-0.05, 0) is 51.1 Å². The van der Waals surface area contributed by atoms with Gasteiger partial charge in [-0.2, -0.15) is 0 Å². The molecule has 3 nitrogen and oxygen atoms in total. The minimum atomic E-state index is 0.267. The first-order valence-corrected chi connectivity index (χ1v) is 7.47. The number of benzene rings is 1. The summed E-state index contributed by atoms with van der Waals surface area (Å²) in [5.41, 5.74) is 2.50. The third-order valence-electron chi connectivity index (χ3n) is 4.49. The van der Waals surface area contributed by atoms with E-state index in [1.54, 1.807) is 0 Å². The number of nitrogens with one attached hydrogen (secondary N) is 1. The standard InChI is InChI=1S/C16H20ClN3/c1-16(18-2)6-9-20(10-7-16)15-5-8-19-14-11-12(17)3-4-13(14)15/h3-5,8,11,18H,6-7,9-10H2,1-2H3. The molecule has 0 unspecified atom stereocenters. The molecule has 1 fully saturated rings. The largest absolute Gasteiger partial charge is 0.371 e. The minimum absolute atomic E-state index is 0.267. The van der Waals surface area contributed by atoms with Gasteiger partial charge in [0.1, 0.15) is 0 Å². The summed E-state index contributed by atoms with van der Waals surface area (Å²) in [5.74, 6) is 0. The van der Waals surface area contributed by atoms with Crippen LogP contribution in [0.4, 0.5) is 5.69 Å². The van der Waals surface area contributed by atoms with Crippen LogP contribution in [0, 0.1) is 0 Å². The molecule has 1 aliphatic heterocycles. The maximum Gasteiger partial charge on any atom is 0.0737 e. The first-order valence-electron chi connectivity index (χ1n) is 7.09. The predicted octanol–water partition coefficient (Wildman–Crippen LogP) is 3.47. The van der Waals surface area contributed by atoms with Crippen LogP contribution in [0.15, 0.2) is 30.5 Å². The Bertz CT molecular complexity index is 618. The molecular weight excluding hydrogens is 270 g/mol. The Morgan fingerprint density at radius 2 is 2.00 bits per heavy atom. The molecule has 0 amide bonds. The van der Waals surface area contributed by atoms with Gasteiger partial charge in [0.05, 0.1) is 5.52 Å². The summed E-state index contributed by atoms with van der Waals surface area (Å²) in [7, 11) is 2.06. The van der Waals surface area contributed by atoms with Crippen LogP contribution in [0.5, 0.6) is 0 Å². The van der Waals surface area contributed by atoms with Crippen molar-refractivity contribution in [2.45, 2.75) is 25.3 Å². The second-order valence-corrected chi connectivity index (χ2v) is 6.23. The number of fused-ring (bicyclic) bond motifs is 1. The topological polar surface area (TPSA) is 28.2 Å². The van der Waals surface area contributed by atoms with E-state index >= 15 is 0 Å². The molecule has 1 aliphatic rings. The van der Waals surface area contributed by atoms with Gasteiger partial charge in [0, 0.05) is 40.9 Å². The number of pyridine rings is 1. The molecule has 0 atom stereocenters. The van der Waals surface area contributed by atoms with E-state index < -0.39 is 0 Å². The van der Waals surface area contributed by atoms with Crippen molar-refractivity contribution in [3.05, 3.63) is 35.5 Å². The molecule has 1 aromatic heterocycles. The number of aromatic nitrogens is 1. The van der Waals surface area contributed by atoms with Gasteiger partial charge in [0.25, 0.3) is 0 Å². The highest BCUT2D eigenvalue weighted by atomic mass is 35.5. The molecule has 0 spiro atoms. The van der Waals surface area contributed by atoms with Crippen LogP contribution in [-0.2, 0) is 0 Å². The number of piperidine rings is 1. The quantitative estimate of drug-likeness (QED) is 0.917. The van der Waals surface area contributed by atoms with E-state index in [4.69, 9.17) is 11.6 Å². The van der Waals surface area contributed by atoms with Crippen LogP contribution in [0.1, 0.15) is 19.8 Å². The average Bonchev–Trinajstić information content (AvgIpc) is 2.47. The summed E-state index contributed by atoms with van der Waals surface area (Å²) in [5, 5.41) is 5.37. The van der Waals surface area contributed by atoms with Crippen LogP contribution in [0.2, 0.25) is 5.02 Å². The molecule has 1 aromatic carbocycles. The molecule has 3 rings (SSSR count). The smallest absolute Gasteiger partial charge is 0.0737 e. The Morgan fingerprint density at radius 1 is 1.25 bits per heavy atom. The summed E-state index contributed by atoms with van der Waals surface area (Å²) in [6.07, 6.45) is 4.18. The van der Waals surface area contributed by atoms with E-state index in [9.17, 15) is 0 Å². The highest BCUT2D eigenvalue weighted by Crippen LogP contribution is 2.31. The Morgan fingerprint density at radius 3 is 2.70 bits per heavy atom. The Kier molecular flexibility index (Phi) is 3.57. The monoisotopic (exact) mass is 289 g/mol. The zero-order chi connectivity index (χ0) is 14.2. The molecule has 2 heterocycles. The summed E-state index contributed by atoms with van der Waals surface area (Å²) < 4.78 is 0. The normalized spacial score (nSPS) is 18.4. The first-order chi connectivity index (χ1) is 9.61. The lowest BCUT2D eigenvalue weighted by atomic mass is 9.89. The van der Waals surface area contributed by atoms with Crippen molar-refractivity contribution in [1.82, 2.24) is 10.3 Å². The summed E-state index contributed by atoms with van der Waals surface area (Å²) in [6, 6.07) is 8.06. The number of rotatable bonds is 2. The number of hydrogen-bond donors (Lipinski definition) is 1. The maximum atomic E-state index is 6.05. The van der Waals surface area contributed by atoms with Gasteiger partial charge < -0.3 is 10.2 Å². The Labute approximate surface area is 124 Å². The van der Waals surface area contributed by atoms with E-state index in [2.05, 4.69) is 41.3 Å². The van der Waals surface area contributed by atoms with Gasteiger partial charge in [-0.1, -0.05) is 11.6 Å². The van der Waals surface area contributed by atoms with Crippen LogP contribution in [0.3, 0.4) is 0 Å². The Balaban J connectivity index is 1.92. The predicted molar refractivity (Wildman–Crippen MR) is 85.7 cm³/mol. The van der Waals surface area contributed by atoms with Gasteiger partial charge in [0.2, 0.25) is 0 Å². The second-order valence-electron chi connectivity index (χ2n) is 5.79. The molecule has 1 N–H and O–H groups in total. The molecule has 0 saturated carbocycles. The van der Waals surface area contributed by atoms with Crippen LogP contribution >= 0.6 is 11.6 Å². The molecule has 0 bridgehead atoms. The fraction of sp³-hybridized carbons (Fsp3) is 0.438. The third-order valence-corrected chi connectivity index (χ3v) is 4.73. The van der Waals surface area contributed by atoms with E-state index in [0.717, 1.165) is 36.5 Å². The van der Waals surface area contributed by atoms with Crippen molar-refractivity contribution in [3.8, 4) is 0 Å². The number of halogens is 1. The van der Waals surface area contributed by atoms with Crippen LogP contribution in [0.25, 0.3) is 10.9 Å². The summed E-state index contributed by atoms with van der Waals surface area (Å²) >= 11 is 6.05. The Hall–Kier alpha value is -1.32.